The molecule has 140 valence electrons. The standard InChI is InChI=1S/C17H21N9O/c27-17-14(25-5-4-20-22-25)11-21-26(17)16-10-15(18-12-19-16)24-8-6-23(7-9-24)13-2-1-3-13/h4-5,10-13,21H,1-3,6-9H2. The summed E-state index contributed by atoms with van der Waals surface area (Å²) < 4.78 is 2.82. The Labute approximate surface area is 155 Å². The Bertz CT molecular complexity index is 964. The molecule has 1 saturated carbocycles. The second kappa shape index (κ2) is 6.62. The van der Waals surface area contributed by atoms with Crippen molar-refractivity contribution in [3.8, 4) is 11.5 Å². The van der Waals surface area contributed by atoms with Crippen molar-refractivity contribution in [3.63, 3.8) is 0 Å². The van der Waals surface area contributed by atoms with Crippen LogP contribution in [0.15, 0.2) is 35.8 Å². The molecule has 10 heteroatoms. The minimum atomic E-state index is -0.236. The van der Waals surface area contributed by atoms with E-state index in [1.165, 1.54) is 41.2 Å². The van der Waals surface area contributed by atoms with E-state index in [1.807, 2.05) is 6.07 Å². The third kappa shape index (κ3) is 2.91. The van der Waals surface area contributed by atoms with E-state index in [2.05, 4.69) is 35.2 Å². The molecule has 0 radical (unpaired) electrons. The zero-order chi connectivity index (χ0) is 18.2. The molecule has 3 aromatic heterocycles. The summed E-state index contributed by atoms with van der Waals surface area (Å²) in [6, 6.07) is 2.63. The van der Waals surface area contributed by atoms with Crippen LogP contribution in [0, 0.1) is 0 Å². The van der Waals surface area contributed by atoms with E-state index in [9.17, 15) is 4.79 Å². The van der Waals surface area contributed by atoms with Gasteiger partial charge in [-0.3, -0.25) is 14.8 Å². The van der Waals surface area contributed by atoms with Gasteiger partial charge >= 0.3 is 0 Å². The Hall–Kier alpha value is -3.01. The van der Waals surface area contributed by atoms with E-state index in [1.54, 1.807) is 12.4 Å². The normalized spacial score (nSPS) is 18.6. The molecule has 0 aromatic carbocycles. The smallest absolute Gasteiger partial charge is 0.298 e. The minimum Gasteiger partial charge on any atom is -0.354 e. The molecule has 0 amide bonds. The van der Waals surface area contributed by atoms with Crippen LogP contribution in [0.5, 0.6) is 0 Å². The molecule has 2 aliphatic rings. The third-order valence-electron chi connectivity index (χ3n) is 5.52. The first kappa shape index (κ1) is 16.2. The second-order valence-corrected chi connectivity index (χ2v) is 6.99. The fraction of sp³-hybridized carbons (Fsp3) is 0.471. The summed E-state index contributed by atoms with van der Waals surface area (Å²) in [6.45, 7) is 4.00. The molecule has 5 rings (SSSR count). The fourth-order valence-corrected chi connectivity index (χ4v) is 3.73. The number of rotatable bonds is 4. The minimum absolute atomic E-state index is 0.236. The fourth-order valence-electron chi connectivity index (χ4n) is 3.73. The molecule has 2 fully saturated rings. The van der Waals surface area contributed by atoms with Crippen molar-refractivity contribution in [2.75, 3.05) is 31.1 Å². The molecule has 3 aromatic rings. The highest BCUT2D eigenvalue weighted by Gasteiger charge is 2.28. The summed E-state index contributed by atoms with van der Waals surface area (Å²) in [5, 5.41) is 10.6. The highest BCUT2D eigenvalue weighted by atomic mass is 16.1. The lowest BCUT2D eigenvalue weighted by Gasteiger charge is -2.43. The Kier molecular flexibility index (Phi) is 3.97. The van der Waals surface area contributed by atoms with E-state index in [0.717, 1.165) is 38.0 Å². The van der Waals surface area contributed by atoms with E-state index in [4.69, 9.17) is 0 Å². The van der Waals surface area contributed by atoms with Gasteiger partial charge in [0.25, 0.3) is 5.56 Å². The predicted octanol–water partition coefficient (Wildman–Crippen LogP) is 0.211. The van der Waals surface area contributed by atoms with Gasteiger partial charge < -0.3 is 4.90 Å². The molecule has 0 atom stereocenters. The average Bonchev–Trinajstić information content (AvgIpc) is 3.30. The molecule has 27 heavy (non-hydrogen) atoms. The largest absolute Gasteiger partial charge is 0.354 e. The van der Waals surface area contributed by atoms with Crippen molar-refractivity contribution in [3.05, 3.63) is 41.3 Å². The summed E-state index contributed by atoms with van der Waals surface area (Å²) in [7, 11) is 0. The number of hydrogen-bond acceptors (Lipinski definition) is 7. The average molecular weight is 367 g/mol. The number of anilines is 1. The number of H-pyrrole nitrogens is 1. The second-order valence-electron chi connectivity index (χ2n) is 6.99. The molecule has 10 nitrogen and oxygen atoms in total. The van der Waals surface area contributed by atoms with Gasteiger partial charge in [-0.05, 0) is 12.8 Å². The third-order valence-corrected chi connectivity index (χ3v) is 5.52. The van der Waals surface area contributed by atoms with Gasteiger partial charge in [0.05, 0.1) is 18.6 Å². The van der Waals surface area contributed by atoms with Gasteiger partial charge in [-0.2, -0.15) is 4.68 Å². The molecule has 0 spiro atoms. The lowest BCUT2D eigenvalue weighted by molar-refractivity contribution is 0.120. The van der Waals surface area contributed by atoms with Crippen LogP contribution in [0.2, 0.25) is 0 Å². The summed E-state index contributed by atoms with van der Waals surface area (Å²) in [6.07, 6.45) is 10.3. The number of piperazine rings is 1. The van der Waals surface area contributed by atoms with Crippen LogP contribution < -0.4 is 10.5 Å². The first-order valence-corrected chi connectivity index (χ1v) is 9.28. The maximum Gasteiger partial charge on any atom is 0.298 e. The molecule has 4 heterocycles. The zero-order valence-electron chi connectivity index (χ0n) is 14.9. The van der Waals surface area contributed by atoms with Crippen LogP contribution in [0.3, 0.4) is 0 Å². The summed E-state index contributed by atoms with van der Waals surface area (Å²) >= 11 is 0. The Balaban J connectivity index is 1.36. The summed E-state index contributed by atoms with van der Waals surface area (Å²) in [4.78, 5) is 26.2. The molecule has 1 N–H and O–H groups in total. The number of nitrogens with zero attached hydrogens (tertiary/aromatic N) is 8. The van der Waals surface area contributed by atoms with E-state index in [-0.39, 0.29) is 5.56 Å². The Morgan fingerprint density at radius 2 is 1.89 bits per heavy atom. The van der Waals surface area contributed by atoms with Crippen molar-refractivity contribution in [2.24, 2.45) is 0 Å². The summed E-state index contributed by atoms with van der Waals surface area (Å²) in [5.41, 5.74) is 0.154. The maximum atomic E-state index is 12.7. The van der Waals surface area contributed by atoms with Crippen molar-refractivity contribution >= 4 is 5.82 Å². The highest BCUT2D eigenvalue weighted by Crippen LogP contribution is 2.26. The van der Waals surface area contributed by atoms with Gasteiger partial charge in [0.1, 0.15) is 12.1 Å². The van der Waals surface area contributed by atoms with Crippen molar-refractivity contribution in [1.82, 2.24) is 39.6 Å². The van der Waals surface area contributed by atoms with Crippen LogP contribution in [0.4, 0.5) is 5.82 Å². The molecule has 0 bridgehead atoms. The zero-order valence-corrected chi connectivity index (χ0v) is 14.9. The molecule has 1 aliphatic heterocycles. The first-order chi connectivity index (χ1) is 13.3. The van der Waals surface area contributed by atoms with Crippen LogP contribution in [-0.4, -0.2) is 71.9 Å². The molecule has 1 saturated heterocycles. The Morgan fingerprint density at radius 3 is 2.59 bits per heavy atom. The number of aromatic amines is 1. The lowest BCUT2D eigenvalue weighted by atomic mass is 9.91. The molecule has 1 aliphatic carbocycles. The van der Waals surface area contributed by atoms with Crippen molar-refractivity contribution < 1.29 is 0 Å². The molecular formula is C17H21N9O. The number of aromatic nitrogens is 7. The van der Waals surface area contributed by atoms with Crippen LogP contribution in [0.25, 0.3) is 11.5 Å². The van der Waals surface area contributed by atoms with Gasteiger partial charge in [0.2, 0.25) is 0 Å². The first-order valence-electron chi connectivity index (χ1n) is 9.28. The van der Waals surface area contributed by atoms with E-state index < -0.39 is 0 Å². The Morgan fingerprint density at radius 1 is 1.07 bits per heavy atom. The van der Waals surface area contributed by atoms with Gasteiger partial charge in [0.15, 0.2) is 11.5 Å². The topological polar surface area (TPSA) is 101 Å². The quantitative estimate of drug-likeness (QED) is 0.703. The molecule has 0 unspecified atom stereocenters. The SMILES string of the molecule is O=c1c(-n2ccnn2)c[nH]n1-c1cc(N2CCN(C3CCC3)CC2)ncn1. The van der Waals surface area contributed by atoms with Gasteiger partial charge in [0, 0.05) is 38.3 Å². The van der Waals surface area contributed by atoms with Crippen molar-refractivity contribution in [1.29, 1.82) is 0 Å². The van der Waals surface area contributed by atoms with Gasteiger partial charge in [-0.25, -0.2) is 14.6 Å². The van der Waals surface area contributed by atoms with Crippen LogP contribution >= 0.6 is 0 Å². The van der Waals surface area contributed by atoms with Crippen LogP contribution in [0.1, 0.15) is 19.3 Å². The van der Waals surface area contributed by atoms with E-state index >= 15 is 0 Å². The number of nitrogens with one attached hydrogen (secondary N) is 1. The van der Waals surface area contributed by atoms with Gasteiger partial charge in [-0.15, -0.1) is 5.10 Å². The maximum absolute atomic E-state index is 12.7. The predicted molar refractivity (Wildman–Crippen MR) is 98.3 cm³/mol. The lowest BCUT2D eigenvalue weighted by Crippen LogP contribution is -2.52. The highest BCUT2D eigenvalue weighted by molar-refractivity contribution is 5.44. The summed E-state index contributed by atoms with van der Waals surface area (Å²) in [5.74, 6) is 1.36. The molecular weight excluding hydrogens is 346 g/mol. The van der Waals surface area contributed by atoms with Crippen molar-refractivity contribution in [2.45, 2.75) is 25.3 Å². The van der Waals surface area contributed by atoms with Crippen LogP contribution in [-0.2, 0) is 0 Å². The monoisotopic (exact) mass is 367 g/mol. The van der Waals surface area contributed by atoms with E-state index in [0.29, 0.717) is 11.5 Å². The number of hydrogen-bond donors (Lipinski definition) is 1. The van der Waals surface area contributed by atoms with Gasteiger partial charge in [-0.1, -0.05) is 11.6 Å².